The summed E-state index contributed by atoms with van der Waals surface area (Å²) in [5.74, 6) is -2.64. The van der Waals surface area contributed by atoms with Crippen LogP contribution in [0, 0.1) is 11.6 Å². The summed E-state index contributed by atoms with van der Waals surface area (Å²) < 4.78 is 26.7. The number of benzene rings is 1. The zero-order valence-corrected chi connectivity index (χ0v) is 11.2. The van der Waals surface area contributed by atoms with Gasteiger partial charge in [0.15, 0.2) is 0 Å². The summed E-state index contributed by atoms with van der Waals surface area (Å²) in [5.41, 5.74) is 0.0100. The van der Waals surface area contributed by atoms with Crippen molar-refractivity contribution in [2.24, 2.45) is 0 Å². The normalized spacial score (nSPS) is 12.7. The van der Waals surface area contributed by atoms with Crippen LogP contribution in [-0.2, 0) is 4.79 Å². The van der Waals surface area contributed by atoms with E-state index in [-0.39, 0.29) is 5.56 Å². The Morgan fingerprint density at radius 3 is 2.26 bits per heavy atom. The van der Waals surface area contributed by atoms with E-state index in [1.165, 1.54) is 6.07 Å². The zero-order chi connectivity index (χ0) is 14.4. The Balaban J connectivity index is 3.14. The number of carboxylic acids is 1. The van der Waals surface area contributed by atoms with Crippen molar-refractivity contribution < 1.29 is 18.7 Å². The third kappa shape index (κ3) is 3.99. The molecule has 1 rings (SSSR count). The van der Waals surface area contributed by atoms with Crippen molar-refractivity contribution in [3.05, 3.63) is 35.4 Å². The maximum atomic E-state index is 13.8. The van der Waals surface area contributed by atoms with E-state index in [1.807, 2.05) is 13.8 Å². The van der Waals surface area contributed by atoms with Gasteiger partial charge in [0.2, 0.25) is 0 Å². The molecule has 5 heteroatoms. The average molecular weight is 271 g/mol. The highest BCUT2D eigenvalue weighted by Crippen LogP contribution is 2.25. The van der Waals surface area contributed by atoms with Crippen molar-refractivity contribution in [1.29, 1.82) is 0 Å². The minimum atomic E-state index is -1.12. The van der Waals surface area contributed by atoms with Crippen LogP contribution in [-0.4, -0.2) is 29.1 Å². The molecule has 0 radical (unpaired) electrons. The van der Waals surface area contributed by atoms with Crippen LogP contribution in [0.3, 0.4) is 0 Å². The van der Waals surface area contributed by atoms with Gasteiger partial charge in [0.25, 0.3) is 0 Å². The summed E-state index contributed by atoms with van der Waals surface area (Å²) in [7, 11) is 0. The number of hydrogen-bond acceptors (Lipinski definition) is 2. The molecule has 0 saturated heterocycles. The molecular weight excluding hydrogens is 252 g/mol. The fraction of sp³-hybridized carbons (Fsp3) is 0.500. The van der Waals surface area contributed by atoms with Crippen LogP contribution in [0.4, 0.5) is 8.78 Å². The van der Waals surface area contributed by atoms with Gasteiger partial charge in [-0.15, -0.1) is 0 Å². The molecule has 19 heavy (non-hydrogen) atoms. The second-order valence-electron chi connectivity index (χ2n) is 4.44. The van der Waals surface area contributed by atoms with Gasteiger partial charge in [0.05, 0.1) is 0 Å². The van der Waals surface area contributed by atoms with Crippen LogP contribution in [0.1, 0.15) is 38.3 Å². The van der Waals surface area contributed by atoms with Gasteiger partial charge in [-0.3, -0.25) is 9.69 Å². The van der Waals surface area contributed by atoms with Crippen LogP contribution in [0.2, 0.25) is 0 Å². The van der Waals surface area contributed by atoms with Gasteiger partial charge < -0.3 is 5.11 Å². The molecule has 0 aliphatic heterocycles. The van der Waals surface area contributed by atoms with E-state index in [1.54, 1.807) is 4.90 Å². The second-order valence-corrected chi connectivity index (χ2v) is 4.44. The Bertz CT molecular complexity index is 431. The molecule has 0 heterocycles. The van der Waals surface area contributed by atoms with E-state index in [0.717, 1.165) is 25.0 Å². The van der Waals surface area contributed by atoms with E-state index in [4.69, 9.17) is 0 Å². The molecule has 1 N–H and O–H groups in total. The summed E-state index contributed by atoms with van der Waals surface area (Å²) in [6.07, 6.45) is 1.54. The standard InChI is InChI=1S/C14H19F2NO2/c1-3-7-17(8-4-2)13(14(18)19)11-6-5-10(15)9-12(11)16/h5-6,9,13H,3-4,7-8H2,1-2H3,(H,18,19). The lowest BCUT2D eigenvalue weighted by Crippen LogP contribution is -2.36. The average Bonchev–Trinajstić information content (AvgIpc) is 2.32. The summed E-state index contributed by atoms with van der Waals surface area (Å²) in [6.45, 7) is 4.98. The topological polar surface area (TPSA) is 40.5 Å². The van der Waals surface area contributed by atoms with Gasteiger partial charge in [-0.05, 0) is 32.0 Å². The van der Waals surface area contributed by atoms with Gasteiger partial charge >= 0.3 is 5.97 Å². The summed E-state index contributed by atoms with van der Waals surface area (Å²) in [4.78, 5) is 13.1. The molecule has 1 unspecified atom stereocenters. The highest BCUT2D eigenvalue weighted by molar-refractivity contribution is 5.75. The first-order chi connectivity index (χ1) is 9.01. The third-order valence-electron chi connectivity index (χ3n) is 2.88. The monoisotopic (exact) mass is 271 g/mol. The van der Waals surface area contributed by atoms with E-state index in [9.17, 15) is 18.7 Å². The predicted molar refractivity (Wildman–Crippen MR) is 68.9 cm³/mol. The summed E-state index contributed by atoms with van der Waals surface area (Å²) in [5, 5.41) is 9.34. The molecule has 0 amide bonds. The molecule has 0 bridgehead atoms. The van der Waals surface area contributed by atoms with E-state index < -0.39 is 23.6 Å². The maximum absolute atomic E-state index is 13.8. The van der Waals surface area contributed by atoms with Crippen molar-refractivity contribution in [3.63, 3.8) is 0 Å². The molecule has 0 aromatic heterocycles. The molecule has 106 valence electrons. The SMILES string of the molecule is CCCN(CCC)C(C(=O)O)c1ccc(F)cc1F. The lowest BCUT2D eigenvalue weighted by molar-refractivity contribution is -0.143. The Morgan fingerprint density at radius 1 is 1.26 bits per heavy atom. The van der Waals surface area contributed by atoms with E-state index in [2.05, 4.69) is 0 Å². The highest BCUT2D eigenvalue weighted by atomic mass is 19.1. The molecule has 0 saturated carbocycles. The van der Waals surface area contributed by atoms with Crippen molar-refractivity contribution in [1.82, 2.24) is 4.90 Å². The van der Waals surface area contributed by atoms with Crippen molar-refractivity contribution in [3.8, 4) is 0 Å². The number of rotatable bonds is 7. The Hall–Kier alpha value is -1.49. The van der Waals surface area contributed by atoms with Gasteiger partial charge in [0.1, 0.15) is 17.7 Å². The Labute approximate surface area is 111 Å². The number of halogens is 2. The quantitative estimate of drug-likeness (QED) is 0.827. The van der Waals surface area contributed by atoms with Gasteiger partial charge in [-0.2, -0.15) is 0 Å². The minimum Gasteiger partial charge on any atom is -0.480 e. The van der Waals surface area contributed by atoms with E-state index >= 15 is 0 Å². The van der Waals surface area contributed by atoms with Crippen LogP contribution < -0.4 is 0 Å². The third-order valence-corrected chi connectivity index (χ3v) is 2.88. The Kier molecular flexibility index (Phi) is 5.89. The van der Waals surface area contributed by atoms with Crippen molar-refractivity contribution in [2.75, 3.05) is 13.1 Å². The molecule has 0 spiro atoms. The number of aliphatic carboxylic acids is 1. The van der Waals surface area contributed by atoms with Gasteiger partial charge in [0, 0.05) is 11.6 Å². The minimum absolute atomic E-state index is 0.0100. The highest BCUT2D eigenvalue weighted by Gasteiger charge is 2.29. The fourth-order valence-electron chi connectivity index (χ4n) is 2.15. The van der Waals surface area contributed by atoms with Crippen LogP contribution >= 0.6 is 0 Å². The smallest absolute Gasteiger partial charge is 0.325 e. The van der Waals surface area contributed by atoms with Crippen molar-refractivity contribution in [2.45, 2.75) is 32.7 Å². The number of hydrogen-bond donors (Lipinski definition) is 1. The first kappa shape index (κ1) is 15.6. The fourth-order valence-corrected chi connectivity index (χ4v) is 2.15. The van der Waals surface area contributed by atoms with Crippen molar-refractivity contribution >= 4 is 5.97 Å². The number of carboxylic acid groups (broad SMARTS) is 1. The summed E-state index contributed by atoms with van der Waals surface area (Å²) in [6, 6.07) is 1.95. The number of carbonyl (C=O) groups is 1. The van der Waals surface area contributed by atoms with Crippen LogP contribution in [0.15, 0.2) is 18.2 Å². The number of nitrogens with zero attached hydrogens (tertiary/aromatic N) is 1. The lowest BCUT2D eigenvalue weighted by atomic mass is 10.0. The van der Waals surface area contributed by atoms with E-state index in [0.29, 0.717) is 13.1 Å². The molecule has 1 atom stereocenters. The lowest BCUT2D eigenvalue weighted by Gasteiger charge is -2.28. The van der Waals surface area contributed by atoms with Gasteiger partial charge in [-0.25, -0.2) is 8.78 Å². The van der Waals surface area contributed by atoms with Gasteiger partial charge in [-0.1, -0.05) is 19.9 Å². The molecular formula is C14H19F2NO2. The summed E-state index contributed by atoms with van der Waals surface area (Å²) >= 11 is 0. The predicted octanol–water partition coefficient (Wildman–Crippen LogP) is 3.21. The zero-order valence-electron chi connectivity index (χ0n) is 11.2. The first-order valence-electron chi connectivity index (χ1n) is 6.43. The second kappa shape index (κ2) is 7.19. The first-order valence-corrected chi connectivity index (χ1v) is 6.43. The molecule has 3 nitrogen and oxygen atoms in total. The molecule has 0 fully saturated rings. The Morgan fingerprint density at radius 2 is 1.84 bits per heavy atom. The van der Waals surface area contributed by atoms with Crippen LogP contribution in [0.25, 0.3) is 0 Å². The molecule has 0 aliphatic carbocycles. The molecule has 1 aromatic rings. The maximum Gasteiger partial charge on any atom is 0.325 e. The van der Waals surface area contributed by atoms with Crippen LogP contribution in [0.5, 0.6) is 0 Å². The largest absolute Gasteiger partial charge is 0.480 e. The molecule has 1 aromatic carbocycles. The molecule has 0 aliphatic rings.